The van der Waals surface area contributed by atoms with Crippen molar-refractivity contribution in [3.8, 4) is 0 Å². The molecule has 2 unspecified atom stereocenters. The summed E-state index contributed by atoms with van der Waals surface area (Å²) < 4.78 is 0. The van der Waals surface area contributed by atoms with E-state index < -0.39 is 0 Å². The second-order valence-electron chi connectivity index (χ2n) is 6.23. The molecular formula is C17H23N3O. The Morgan fingerprint density at radius 3 is 2.95 bits per heavy atom. The Morgan fingerprint density at radius 2 is 2.19 bits per heavy atom. The highest BCUT2D eigenvalue weighted by Crippen LogP contribution is 2.29. The van der Waals surface area contributed by atoms with Crippen molar-refractivity contribution < 1.29 is 4.79 Å². The molecule has 2 aromatic rings. The number of nitrogens with two attached hydrogens (primary N) is 1. The minimum absolute atomic E-state index is 0.0385. The first-order valence-electron chi connectivity index (χ1n) is 7.80. The lowest BCUT2D eigenvalue weighted by Gasteiger charge is -2.28. The van der Waals surface area contributed by atoms with Crippen molar-refractivity contribution in [3.05, 3.63) is 30.0 Å². The van der Waals surface area contributed by atoms with Crippen LogP contribution in [-0.2, 0) is 0 Å². The average Bonchev–Trinajstić information content (AvgIpc) is 2.92. The van der Waals surface area contributed by atoms with Crippen LogP contribution in [0.2, 0.25) is 0 Å². The number of nitrogens with one attached hydrogen (secondary N) is 2. The number of carbonyl (C=O) groups is 1. The quantitative estimate of drug-likeness (QED) is 0.757. The Kier molecular flexibility index (Phi) is 3.86. The minimum Gasteiger partial charge on any atom is -0.397 e. The van der Waals surface area contributed by atoms with Gasteiger partial charge in [0, 0.05) is 11.9 Å². The number of nitrogen functional groups attached to an aromatic ring is 1. The molecule has 0 saturated heterocycles. The first-order chi connectivity index (χ1) is 10.1. The van der Waals surface area contributed by atoms with Crippen molar-refractivity contribution in [2.75, 3.05) is 12.3 Å². The molecule has 4 N–H and O–H groups in total. The van der Waals surface area contributed by atoms with Gasteiger partial charge in [-0.2, -0.15) is 0 Å². The Hall–Kier alpha value is -1.97. The second-order valence-corrected chi connectivity index (χ2v) is 6.23. The lowest BCUT2D eigenvalue weighted by atomic mass is 9.80. The molecule has 21 heavy (non-hydrogen) atoms. The van der Waals surface area contributed by atoms with Gasteiger partial charge in [-0.3, -0.25) is 4.79 Å². The van der Waals surface area contributed by atoms with Gasteiger partial charge in [-0.15, -0.1) is 0 Å². The number of anilines is 1. The molecule has 1 saturated carbocycles. The fourth-order valence-electron chi connectivity index (χ4n) is 3.32. The number of para-hydroxylation sites is 1. The van der Waals surface area contributed by atoms with Crippen LogP contribution in [-0.4, -0.2) is 17.4 Å². The molecular weight excluding hydrogens is 262 g/mol. The van der Waals surface area contributed by atoms with Crippen LogP contribution in [0.15, 0.2) is 24.3 Å². The van der Waals surface area contributed by atoms with Gasteiger partial charge in [0.2, 0.25) is 0 Å². The predicted octanol–water partition coefficient (Wildman–Crippen LogP) is 3.31. The van der Waals surface area contributed by atoms with Crippen molar-refractivity contribution in [1.82, 2.24) is 10.3 Å². The molecule has 0 spiro atoms. The van der Waals surface area contributed by atoms with Gasteiger partial charge in [-0.25, -0.2) is 0 Å². The van der Waals surface area contributed by atoms with Crippen LogP contribution in [0.25, 0.3) is 10.9 Å². The standard InChI is InChI=1S/C17H23N3O/c1-11-5-2-3-6-13(11)10-19-17(21)15-9-12-7-4-8-14(18)16(12)20-15/h4,7-9,11,13,20H,2-3,5-6,10,18H2,1H3,(H,19,21). The van der Waals surface area contributed by atoms with Crippen LogP contribution in [0.4, 0.5) is 5.69 Å². The van der Waals surface area contributed by atoms with Crippen LogP contribution in [0.5, 0.6) is 0 Å². The van der Waals surface area contributed by atoms with Crippen molar-refractivity contribution in [2.24, 2.45) is 11.8 Å². The number of amides is 1. The monoisotopic (exact) mass is 285 g/mol. The maximum atomic E-state index is 12.3. The molecule has 1 aliphatic rings. The fraction of sp³-hybridized carbons (Fsp3) is 0.471. The van der Waals surface area contributed by atoms with Crippen molar-refractivity contribution in [1.29, 1.82) is 0 Å². The van der Waals surface area contributed by atoms with Crippen molar-refractivity contribution in [2.45, 2.75) is 32.6 Å². The van der Waals surface area contributed by atoms with Gasteiger partial charge in [0.1, 0.15) is 5.69 Å². The number of aromatic amines is 1. The van der Waals surface area contributed by atoms with E-state index in [2.05, 4.69) is 17.2 Å². The smallest absolute Gasteiger partial charge is 0.267 e. The lowest BCUT2D eigenvalue weighted by molar-refractivity contribution is 0.0932. The Balaban J connectivity index is 1.68. The van der Waals surface area contributed by atoms with E-state index in [0.29, 0.717) is 23.2 Å². The van der Waals surface area contributed by atoms with E-state index in [9.17, 15) is 4.79 Å². The van der Waals surface area contributed by atoms with Gasteiger partial charge < -0.3 is 16.0 Å². The second kappa shape index (κ2) is 5.80. The Labute approximate surface area is 125 Å². The number of fused-ring (bicyclic) bond motifs is 1. The number of benzene rings is 1. The summed E-state index contributed by atoms with van der Waals surface area (Å²) >= 11 is 0. The molecule has 4 heteroatoms. The first-order valence-corrected chi connectivity index (χ1v) is 7.80. The largest absolute Gasteiger partial charge is 0.397 e. The SMILES string of the molecule is CC1CCCCC1CNC(=O)c1cc2cccc(N)c2[nH]1. The molecule has 3 rings (SSSR count). The van der Waals surface area contributed by atoms with Gasteiger partial charge in [0.15, 0.2) is 0 Å². The van der Waals surface area contributed by atoms with Gasteiger partial charge in [-0.05, 0) is 30.4 Å². The molecule has 1 aliphatic carbocycles. The summed E-state index contributed by atoms with van der Waals surface area (Å²) in [7, 11) is 0. The molecule has 1 aromatic heterocycles. The zero-order valence-corrected chi connectivity index (χ0v) is 12.5. The van der Waals surface area contributed by atoms with E-state index in [1.807, 2.05) is 24.3 Å². The minimum atomic E-state index is -0.0385. The molecule has 4 nitrogen and oxygen atoms in total. The third kappa shape index (κ3) is 2.89. The van der Waals surface area contributed by atoms with Crippen LogP contribution >= 0.6 is 0 Å². The number of carbonyl (C=O) groups excluding carboxylic acids is 1. The lowest BCUT2D eigenvalue weighted by Crippen LogP contribution is -2.33. The normalized spacial score (nSPS) is 22.3. The molecule has 112 valence electrons. The predicted molar refractivity (Wildman–Crippen MR) is 86.2 cm³/mol. The highest BCUT2D eigenvalue weighted by molar-refractivity contribution is 6.00. The third-order valence-corrected chi connectivity index (χ3v) is 4.75. The zero-order valence-electron chi connectivity index (χ0n) is 12.5. The van der Waals surface area contributed by atoms with Gasteiger partial charge in [-0.1, -0.05) is 38.3 Å². The molecule has 1 fully saturated rings. The van der Waals surface area contributed by atoms with E-state index in [0.717, 1.165) is 17.4 Å². The maximum Gasteiger partial charge on any atom is 0.267 e. The van der Waals surface area contributed by atoms with Crippen LogP contribution in [0, 0.1) is 11.8 Å². The molecule has 2 atom stereocenters. The van der Waals surface area contributed by atoms with E-state index in [-0.39, 0.29) is 5.91 Å². The number of rotatable bonds is 3. The molecule has 0 aliphatic heterocycles. The summed E-state index contributed by atoms with van der Waals surface area (Å²) in [6.07, 6.45) is 5.12. The summed E-state index contributed by atoms with van der Waals surface area (Å²) in [6.45, 7) is 3.06. The van der Waals surface area contributed by atoms with Gasteiger partial charge in [0.25, 0.3) is 5.91 Å². The molecule has 1 heterocycles. The van der Waals surface area contributed by atoms with Crippen LogP contribution < -0.4 is 11.1 Å². The fourth-order valence-corrected chi connectivity index (χ4v) is 3.32. The highest BCUT2D eigenvalue weighted by Gasteiger charge is 2.22. The van der Waals surface area contributed by atoms with E-state index in [1.54, 1.807) is 0 Å². The Morgan fingerprint density at radius 1 is 1.38 bits per heavy atom. The van der Waals surface area contributed by atoms with E-state index in [1.165, 1.54) is 25.7 Å². The van der Waals surface area contributed by atoms with Crippen LogP contribution in [0.3, 0.4) is 0 Å². The van der Waals surface area contributed by atoms with Gasteiger partial charge in [0.05, 0.1) is 11.2 Å². The van der Waals surface area contributed by atoms with E-state index in [4.69, 9.17) is 5.73 Å². The molecule has 0 radical (unpaired) electrons. The molecule has 1 aromatic carbocycles. The average molecular weight is 285 g/mol. The molecule has 1 amide bonds. The maximum absolute atomic E-state index is 12.3. The van der Waals surface area contributed by atoms with Gasteiger partial charge >= 0.3 is 0 Å². The summed E-state index contributed by atoms with van der Waals surface area (Å²) in [5, 5.41) is 4.05. The van der Waals surface area contributed by atoms with E-state index >= 15 is 0 Å². The molecule has 0 bridgehead atoms. The van der Waals surface area contributed by atoms with Crippen molar-refractivity contribution >= 4 is 22.5 Å². The summed E-state index contributed by atoms with van der Waals surface area (Å²) in [6, 6.07) is 7.56. The summed E-state index contributed by atoms with van der Waals surface area (Å²) in [4.78, 5) is 15.4. The van der Waals surface area contributed by atoms with Crippen molar-refractivity contribution in [3.63, 3.8) is 0 Å². The number of aromatic nitrogens is 1. The number of hydrogen-bond acceptors (Lipinski definition) is 2. The highest BCUT2D eigenvalue weighted by atomic mass is 16.1. The topological polar surface area (TPSA) is 70.9 Å². The zero-order chi connectivity index (χ0) is 14.8. The summed E-state index contributed by atoms with van der Waals surface area (Å²) in [5.74, 6) is 1.28. The summed E-state index contributed by atoms with van der Waals surface area (Å²) in [5.41, 5.74) is 8.02. The first kappa shape index (κ1) is 14.0. The number of hydrogen-bond donors (Lipinski definition) is 3. The number of H-pyrrole nitrogens is 1. The third-order valence-electron chi connectivity index (χ3n) is 4.75. The Bertz CT molecular complexity index is 647. The van der Waals surface area contributed by atoms with Crippen LogP contribution in [0.1, 0.15) is 43.1 Å².